The topological polar surface area (TPSA) is 93.8 Å². The van der Waals surface area contributed by atoms with Crippen molar-refractivity contribution in [3.63, 3.8) is 0 Å². The number of carbonyl (C=O) groups excluding carboxylic acids is 1. The number of amides is 1. The van der Waals surface area contributed by atoms with E-state index < -0.39 is 0 Å². The number of fused-ring (bicyclic) bond motifs is 2. The van der Waals surface area contributed by atoms with E-state index in [2.05, 4.69) is 20.3 Å². The molecular weight excluding hydrogens is 476 g/mol. The fourth-order valence-electron chi connectivity index (χ4n) is 3.97. The van der Waals surface area contributed by atoms with E-state index in [1.165, 1.54) is 24.3 Å². The van der Waals surface area contributed by atoms with E-state index in [-0.39, 0.29) is 29.8 Å². The molecule has 0 atom stereocenters. The molecule has 7 nitrogen and oxygen atoms in total. The van der Waals surface area contributed by atoms with Gasteiger partial charge in [0.05, 0.1) is 17.6 Å². The van der Waals surface area contributed by atoms with Gasteiger partial charge in [0.1, 0.15) is 17.2 Å². The summed E-state index contributed by atoms with van der Waals surface area (Å²) < 4.78 is 32.7. The minimum Gasteiger partial charge on any atom is -0.449 e. The van der Waals surface area contributed by atoms with Crippen LogP contribution in [0.1, 0.15) is 16.1 Å². The minimum absolute atomic E-state index is 0.180. The van der Waals surface area contributed by atoms with Gasteiger partial charge in [0.2, 0.25) is 0 Å². The largest absolute Gasteiger partial charge is 0.449 e. The molecule has 4 heterocycles. The van der Waals surface area contributed by atoms with Crippen molar-refractivity contribution < 1.29 is 18.0 Å². The van der Waals surface area contributed by atoms with E-state index in [9.17, 15) is 13.6 Å². The molecule has 9 heteroatoms. The Morgan fingerprint density at radius 2 is 1.51 bits per heavy atom. The summed E-state index contributed by atoms with van der Waals surface area (Å²) in [5, 5.41) is 3.60. The molecule has 0 saturated carbocycles. The molecule has 0 spiro atoms. The first kappa shape index (κ1) is 22.4. The zero-order chi connectivity index (χ0) is 25.4. The molecule has 0 unspecified atom stereocenters. The van der Waals surface area contributed by atoms with Crippen LogP contribution in [0.4, 0.5) is 8.78 Å². The van der Waals surface area contributed by atoms with E-state index in [1.807, 2.05) is 0 Å². The van der Waals surface area contributed by atoms with Gasteiger partial charge in [-0.15, -0.1) is 0 Å². The number of furan rings is 1. The van der Waals surface area contributed by atoms with Crippen molar-refractivity contribution in [3.8, 4) is 22.5 Å². The first-order chi connectivity index (χ1) is 18.0. The molecule has 180 valence electrons. The Morgan fingerprint density at radius 3 is 2.19 bits per heavy atom. The van der Waals surface area contributed by atoms with Crippen LogP contribution in [-0.4, -0.2) is 25.8 Å². The smallest absolute Gasteiger partial charge is 0.287 e. The van der Waals surface area contributed by atoms with Gasteiger partial charge in [-0.3, -0.25) is 9.78 Å². The van der Waals surface area contributed by atoms with Crippen LogP contribution in [0.25, 0.3) is 44.6 Å². The van der Waals surface area contributed by atoms with Crippen molar-refractivity contribution in [2.45, 2.75) is 6.54 Å². The zero-order valence-electron chi connectivity index (χ0n) is 19.2. The Bertz CT molecular complexity index is 1730. The maximum atomic E-state index is 13.6. The second-order valence-corrected chi connectivity index (χ2v) is 8.33. The lowest BCUT2D eigenvalue weighted by Crippen LogP contribution is -2.22. The Balaban J connectivity index is 1.33. The molecule has 0 aliphatic rings. The van der Waals surface area contributed by atoms with Gasteiger partial charge < -0.3 is 9.73 Å². The molecule has 0 bridgehead atoms. The van der Waals surface area contributed by atoms with Crippen molar-refractivity contribution >= 4 is 28.0 Å². The maximum absolute atomic E-state index is 13.6. The van der Waals surface area contributed by atoms with Gasteiger partial charge in [-0.05, 0) is 72.3 Å². The summed E-state index contributed by atoms with van der Waals surface area (Å²) in [6.07, 6.45) is 4.78. The van der Waals surface area contributed by atoms with Gasteiger partial charge in [-0.2, -0.15) is 0 Å². The molecule has 2 aromatic carbocycles. The number of hydrogen-bond acceptors (Lipinski definition) is 6. The summed E-state index contributed by atoms with van der Waals surface area (Å²) in [5.41, 5.74) is 4.39. The summed E-state index contributed by atoms with van der Waals surface area (Å²) in [5.74, 6) is -0.939. The fraction of sp³-hybridized carbons (Fsp3) is 0.0357. The molecule has 1 amide bonds. The van der Waals surface area contributed by atoms with Crippen LogP contribution in [0.2, 0.25) is 0 Å². The van der Waals surface area contributed by atoms with Crippen molar-refractivity contribution in [3.05, 3.63) is 108 Å². The fourth-order valence-corrected chi connectivity index (χ4v) is 3.97. The van der Waals surface area contributed by atoms with E-state index >= 15 is 0 Å². The van der Waals surface area contributed by atoms with Crippen LogP contribution >= 0.6 is 0 Å². The summed E-state index contributed by atoms with van der Waals surface area (Å²) in [6.45, 7) is 0.185. The SMILES string of the molecule is O=C(NCc1cnc2nc(-c3ccc(F)cc3)c(-c3ccc(F)cc3)nc2c1)c1cc2ccncc2o1. The van der Waals surface area contributed by atoms with E-state index in [4.69, 9.17) is 9.40 Å². The first-order valence-corrected chi connectivity index (χ1v) is 11.3. The first-order valence-electron chi connectivity index (χ1n) is 11.3. The van der Waals surface area contributed by atoms with Crippen LogP contribution in [0.3, 0.4) is 0 Å². The van der Waals surface area contributed by atoms with Gasteiger partial charge in [-0.25, -0.2) is 23.7 Å². The van der Waals surface area contributed by atoms with Gasteiger partial charge in [0.15, 0.2) is 17.0 Å². The molecule has 0 radical (unpaired) electrons. The predicted molar refractivity (Wildman–Crippen MR) is 133 cm³/mol. The van der Waals surface area contributed by atoms with E-state index in [1.54, 1.807) is 61.1 Å². The molecule has 6 rings (SSSR count). The lowest BCUT2D eigenvalue weighted by molar-refractivity contribution is 0.0925. The van der Waals surface area contributed by atoms with Crippen molar-refractivity contribution in [1.82, 2.24) is 25.3 Å². The summed E-state index contributed by atoms with van der Waals surface area (Å²) in [6, 6.07) is 17.0. The predicted octanol–water partition coefficient (Wildman–Crippen LogP) is 5.71. The maximum Gasteiger partial charge on any atom is 0.287 e. The van der Waals surface area contributed by atoms with Crippen LogP contribution in [0.5, 0.6) is 0 Å². The number of aromatic nitrogens is 4. The summed E-state index contributed by atoms with van der Waals surface area (Å²) in [7, 11) is 0. The number of nitrogens with one attached hydrogen (secondary N) is 1. The monoisotopic (exact) mass is 493 g/mol. The number of hydrogen-bond donors (Lipinski definition) is 1. The number of pyridine rings is 2. The minimum atomic E-state index is -0.374. The van der Waals surface area contributed by atoms with Crippen molar-refractivity contribution in [2.75, 3.05) is 0 Å². The van der Waals surface area contributed by atoms with Crippen LogP contribution < -0.4 is 5.32 Å². The van der Waals surface area contributed by atoms with Gasteiger partial charge >= 0.3 is 0 Å². The third-order valence-electron chi connectivity index (χ3n) is 5.81. The third kappa shape index (κ3) is 4.50. The highest BCUT2D eigenvalue weighted by Crippen LogP contribution is 2.31. The lowest BCUT2D eigenvalue weighted by Gasteiger charge is -2.11. The molecule has 0 aliphatic heterocycles. The van der Waals surface area contributed by atoms with Crippen molar-refractivity contribution in [1.29, 1.82) is 0 Å². The molecular formula is C28H17F2N5O2. The second kappa shape index (κ2) is 9.19. The van der Waals surface area contributed by atoms with Gasteiger partial charge in [0.25, 0.3) is 5.91 Å². The quantitative estimate of drug-likeness (QED) is 0.331. The normalized spacial score (nSPS) is 11.2. The average molecular weight is 493 g/mol. The van der Waals surface area contributed by atoms with E-state index in [0.717, 1.165) is 5.39 Å². The standard InChI is InChI=1S/C28H17F2N5O2/c29-20-5-1-17(2-6-20)25-26(18-3-7-21(30)8-4-18)35-27-22(34-25)11-16(13-32-27)14-33-28(36)23-12-19-9-10-31-15-24(19)37-23/h1-13,15H,14H2,(H,33,36). The molecule has 4 aromatic heterocycles. The average Bonchev–Trinajstić information content (AvgIpc) is 3.36. The van der Waals surface area contributed by atoms with Gasteiger partial charge in [0, 0.05) is 35.5 Å². The number of halogens is 2. The summed E-state index contributed by atoms with van der Waals surface area (Å²) >= 11 is 0. The number of rotatable bonds is 5. The molecule has 37 heavy (non-hydrogen) atoms. The zero-order valence-corrected chi connectivity index (χ0v) is 19.2. The summed E-state index contributed by atoms with van der Waals surface area (Å²) in [4.78, 5) is 30.5. The second-order valence-electron chi connectivity index (χ2n) is 8.33. The third-order valence-corrected chi connectivity index (χ3v) is 5.81. The number of benzene rings is 2. The Morgan fingerprint density at radius 1 is 0.838 bits per heavy atom. The Hall–Kier alpha value is -5.05. The molecule has 0 fully saturated rings. The van der Waals surface area contributed by atoms with Crippen LogP contribution in [0.15, 0.2) is 89.7 Å². The number of carbonyl (C=O) groups is 1. The molecule has 6 aromatic rings. The lowest BCUT2D eigenvalue weighted by atomic mass is 10.0. The van der Waals surface area contributed by atoms with E-state index in [0.29, 0.717) is 44.8 Å². The highest BCUT2D eigenvalue weighted by atomic mass is 19.1. The number of nitrogens with zero attached hydrogens (tertiary/aromatic N) is 4. The highest BCUT2D eigenvalue weighted by molar-refractivity contribution is 5.96. The molecule has 0 saturated heterocycles. The van der Waals surface area contributed by atoms with Gasteiger partial charge in [-0.1, -0.05) is 0 Å². The van der Waals surface area contributed by atoms with Crippen LogP contribution in [-0.2, 0) is 6.54 Å². The van der Waals surface area contributed by atoms with Crippen molar-refractivity contribution in [2.24, 2.45) is 0 Å². The highest BCUT2D eigenvalue weighted by Gasteiger charge is 2.16. The Labute approximate surface area is 208 Å². The molecule has 0 aliphatic carbocycles. The molecule has 1 N–H and O–H groups in total. The van der Waals surface area contributed by atoms with Crippen LogP contribution in [0, 0.1) is 11.6 Å². The Kier molecular flexibility index (Phi) is 5.57.